The molecule has 0 saturated carbocycles. The van der Waals surface area contributed by atoms with Crippen LogP contribution >= 0.6 is 35.6 Å². The van der Waals surface area contributed by atoms with E-state index in [2.05, 4.69) is 5.32 Å². The van der Waals surface area contributed by atoms with E-state index in [9.17, 15) is 9.59 Å². The van der Waals surface area contributed by atoms with Gasteiger partial charge in [-0.15, -0.1) is 0 Å². The molecule has 1 saturated heterocycles. The lowest BCUT2D eigenvalue weighted by Gasteiger charge is -2.15. The van der Waals surface area contributed by atoms with Crippen molar-refractivity contribution in [3.8, 4) is 0 Å². The number of nitrogens with one attached hydrogen (secondary N) is 1. The van der Waals surface area contributed by atoms with Gasteiger partial charge in [0, 0.05) is 24.5 Å². The maximum Gasteiger partial charge on any atom is 0.241 e. The van der Waals surface area contributed by atoms with Crippen LogP contribution in [0.3, 0.4) is 0 Å². The first-order valence-electron chi connectivity index (χ1n) is 6.51. The molecule has 1 aliphatic heterocycles. The molecule has 1 N–H and O–H groups in total. The zero-order valence-electron chi connectivity index (χ0n) is 11.5. The topological polar surface area (TPSA) is 49.4 Å². The molecule has 0 spiro atoms. The molecular formula is C14H15ClN2O2S2. The zero-order valence-corrected chi connectivity index (χ0v) is 13.9. The molecule has 1 aliphatic rings. The van der Waals surface area contributed by atoms with Gasteiger partial charge in [0.15, 0.2) is 0 Å². The maximum absolute atomic E-state index is 11.8. The average Bonchev–Trinajstić information content (AvgIpc) is 2.69. The predicted octanol–water partition coefficient (Wildman–Crippen LogP) is 2.60. The number of carbonyl (C=O) groups excluding carboxylic acids is 2. The fourth-order valence-corrected chi connectivity index (χ4v) is 3.57. The van der Waals surface area contributed by atoms with Crippen molar-refractivity contribution >= 4 is 51.7 Å². The highest BCUT2D eigenvalue weighted by atomic mass is 35.5. The van der Waals surface area contributed by atoms with E-state index < -0.39 is 0 Å². The van der Waals surface area contributed by atoms with Gasteiger partial charge in [-0.25, -0.2) is 0 Å². The van der Waals surface area contributed by atoms with Crippen LogP contribution in [0.2, 0.25) is 5.02 Å². The van der Waals surface area contributed by atoms with E-state index in [0.717, 1.165) is 5.56 Å². The van der Waals surface area contributed by atoms with Gasteiger partial charge in [0.1, 0.15) is 4.32 Å². The first-order valence-corrected chi connectivity index (χ1v) is 8.17. The third kappa shape index (κ3) is 4.18. The van der Waals surface area contributed by atoms with E-state index in [0.29, 0.717) is 22.4 Å². The van der Waals surface area contributed by atoms with Crippen LogP contribution in [0.5, 0.6) is 0 Å². The summed E-state index contributed by atoms with van der Waals surface area (Å²) in [7, 11) is 0. The van der Waals surface area contributed by atoms with Crippen molar-refractivity contribution in [1.29, 1.82) is 0 Å². The summed E-state index contributed by atoms with van der Waals surface area (Å²) < 4.78 is 0.548. The Hall–Kier alpha value is -1.11. The minimum atomic E-state index is -0.149. The quantitative estimate of drug-likeness (QED) is 0.836. The third-order valence-corrected chi connectivity index (χ3v) is 4.96. The van der Waals surface area contributed by atoms with Gasteiger partial charge in [-0.2, -0.15) is 0 Å². The van der Waals surface area contributed by atoms with E-state index in [1.807, 2.05) is 25.1 Å². The Morgan fingerprint density at radius 3 is 2.81 bits per heavy atom. The van der Waals surface area contributed by atoms with Gasteiger partial charge in [0.2, 0.25) is 11.8 Å². The Morgan fingerprint density at radius 2 is 2.19 bits per heavy atom. The molecule has 1 fully saturated rings. The molecule has 0 bridgehead atoms. The minimum absolute atomic E-state index is 0.0242. The second kappa shape index (κ2) is 7.24. The molecule has 0 aliphatic carbocycles. The van der Waals surface area contributed by atoms with Crippen LogP contribution in [0.1, 0.15) is 18.9 Å². The molecule has 4 nitrogen and oxygen atoms in total. The number of thiocarbonyl (C=S) groups is 1. The maximum atomic E-state index is 11.8. The van der Waals surface area contributed by atoms with Gasteiger partial charge >= 0.3 is 0 Å². The second-order valence-corrected chi connectivity index (χ2v) is 7.02. The summed E-state index contributed by atoms with van der Waals surface area (Å²) in [5.41, 5.74) is 0.865. The number of amides is 2. The van der Waals surface area contributed by atoms with Crippen LogP contribution in [0.25, 0.3) is 0 Å². The number of hydrogen-bond donors (Lipinski definition) is 1. The van der Waals surface area contributed by atoms with Crippen molar-refractivity contribution in [3.05, 3.63) is 34.9 Å². The predicted molar refractivity (Wildman–Crippen MR) is 89.3 cm³/mol. The SMILES string of the molecule is CC1SC(=S)N(CCC(=O)NCc2ccccc2Cl)C1=O. The van der Waals surface area contributed by atoms with Gasteiger partial charge in [0.25, 0.3) is 0 Å². The Labute approximate surface area is 138 Å². The second-order valence-electron chi connectivity index (χ2n) is 4.63. The first-order chi connectivity index (χ1) is 9.99. The van der Waals surface area contributed by atoms with Crippen molar-refractivity contribution in [2.24, 2.45) is 0 Å². The normalized spacial score (nSPS) is 18.2. The van der Waals surface area contributed by atoms with Crippen molar-refractivity contribution in [2.75, 3.05) is 6.54 Å². The molecule has 7 heteroatoms. The smallest absolute Gasteiger partial charge is 0.241 e. The summed E-state index contributed by atoms with van der Waals surface area (Å²) in [6, 6.07) is 7.35. The molecular weight excluding hydrogens is 328 g/mol. The number of hydrogen-bond acceptors (Lipinski definition) is 4. The van der Waals surface area contributed by atoms with Gasteiger partial charge < -0.3 is 5.32 Å². The summed E-state index contributed by atoms with van der Waals surface area (Å²) in [5, 5.41) is 3.27. The first kappa shape index (κ1) is 16.3. The van der Waals surface area contributed by atoms with Crippen LogP contribution in [-0.2, 0) is 16.1 Å². The van der Waals surface area contributed by atoms with Crippen LogP contribution < -0.4 is 5.32 Å². The third-order valence-electron chi connectivity index (χ3n) is 3.11. The number of carbonyl (C=O) groups is 2. The lowest BCUT2D eigenvalue weighted by molar-refractivity contribution is -0.126. The summed E-state index contributed by atoms with van der Waals surface area (Å²) in [6.07, 6.45) is 0.226. The van der Waals surface area contributed by atoms with Crippen LogP contribution in [0, 0.1) is 0 Å². The largest absolute Gasteiger partial charge is 0.352 e. The molecule has 112 valence electrons. The summed E-state index contributed by atoms with van der Waals surface area (Å²) in [6.45, 7) is 2.52. The summed E-state index contributed by atoms with van der Waals surface area (Å²) >= 11 is 12.5. The van der Waals surface area contributed by atoms with E-state index >= 15 is 0 Å². The van der Waals surface area contributed by atoms with Crippen LogP contribution in [0.15, 0.2) is 24.3 Å². The molecule has 0 radical (unpaired) electrons. The highest BCUT2D eigenvalue weighted by Gasteiger charge is 2.33. The fraction of sp³-hybridized carbons (Fsp3) is 0.357. The molecule has 1 aromatic carbocycles. The van der Waals surface area contributed by atoms with E-state index in [-0.39, 0.29) is 23.5 Å². The Bertz CT molecular complexity index is 580. The Morgan fingerprint density at radius 1 is 1.48 bits per heavy atom. The number of rotatable bonds is 5. The van der Waals surface area contributed by atoms with Crippen LogP contribution in [-0.4, -0.2) is 32.8 Å². The molecule has 1 aromatic rings. The van der Waals surface area contributed by atoms with Gasteiger partial charge in [0.05, 0.1) is 5.25 Å². The number of benzene rings is 1. The highest BCUT2D eigenvalue weighted by Crippen LogP contribution is 2.26. The fourth-order valence-electron chi connectivity index (χ4n) is 1.91. The molecule has 1 unspecified atom stereocenters. The Kier molecular flexibility index (Phi) is 5.61. The lowest BCUT2D eigenvalue weighted by atomic mass is 10.2. The standard InChI is InChI=1S/C14H15ClN2O2S2/c1-9-13(19)17(14(20)21-9)7-6-12(18)16-8-10-4-2-3-5-11(10)15/h2-5,9H,6-8H2,1H3,(H,16,18). The van der Waals surface area contributed by atoms with Crippen LogP contribution in [0.4, 0.5) is 0 Å². The van der Waals surface area contributed by atoms with E-state index in [1.54, 1.807) is 6.07 Å². The Balaban J connectivity index is 1.79. The molecule has 21 heavy (non-hydrogen) atoms. The highest BCUT2D eigenvalue weighted by molar-refractivity contribution is 8.24. The van der Waals surface area contributed by atoms with E-state index in [4.69, 9.17) is 23.8 Å². The summed E-state index contributed by atoms with van der Waals surface area (Å²) in [5.74, 6) is -0.154. The number of thioether (sulfide) groups is 1. The molecule has 1 heterocycles. The van der Waals surface area contributed by atoms with Crippen molar-refractivity contribution in [1.82, 2.24) is 10.2 Å². The molecule has 0 aromatic heterocycles. The van der Waals surface area contributed by atoms with E-state index in [1.165, 1.54) is 16.7 Å². The molecule has 2 amide bonds. The van der Waals surface area contributed by atoms with Gasteiger partial charge in [-0.3, -0.25) is 14.5 Å². The van der Waals surface area contributed by atoms with Gasteiger partial charge in [-0.05, 0) is 18.6 Å². The lowest BCUT2D eigenvalue weighted by Crippen LogP contribution is -2.34. The van der Waals surface area contributed by atoms with Crippen molar-refractivity contribution in [3.63, 3.8) is 0 Å². The average molecular weight is 343 g/mol. The minimum Gasteiger partial charge on any atom is -0.352 e. The monoisotopic (exact) mass is 342 g/mol. The van der Waals surface area contributed by atoms with Crippen molar-refractivity contribution < 1.29 is 9.59 Å². The van der Waals surface area contributed by atoms with Gasteiger partial charge in [-0.1, -0.05) is 53.8 Å². The zero-order chi connectivity index (χ0) is 15.4. The summed E-state index contributed by atoms with van der Waals surface area (Å²) in [4.78, 5) is 25.2. The molecule has 2 rings (SSSR count). The number of halogens is 1. The number of nitrogens with zero attached hydrogens (tertiary/aromatic N) is 1. The molecule has 1 atom stereocenters. The van der Waals surface area contributed by atoms with Crippen molar-refractivity contribution in [2.45, 2.75) is 25.1 Å².